The van der Waals surface area contributed by atoms with Crippen LogP contribution in [0.25, 0.3) is 11.3 Å². The van der Waals surface area contributed by atoms with Crippen molar-refractivity contribution in [1.29, 1.82) is 0 Å². The third-order valence-electron chi connectivity index (χ3n) is 3.71. The highest BCUT2D eigenvalue weighted by molar-refractivity contribution is 9.10. The number of pyridine rings is 1. The lowest BCUT2D eigenvalue weighted by Gasteiger charge is -2.15. The zero-order valence-corrected chi connectivity index (χ0v) is 17.8. The molecule has 0 fully saturated rings. The average molecular weight is 478 g/mol. The molecule has 0 spiro atoms. The summed E-state index contributed by atoms with van der Waals surface area (Å²) < 4.78 is 13.8. The summed E-state index contributed by atoms with van der Waals surface area (Å²) in [5, 5.41) is 7.59. The second kappa shape index (κ2) is 9.68. The van der Waals surface area contributed by atoms with Crippen molar-refractivity contribution in [3.8, 4) is 11.3 Å². The number of nitrogens with zero attached hydrogens (tertiary/aromatic N) is 3. The van der Waals surface area contributed by atoms with E-state index in [9.17, 15) is 14.0 Å². The zero-order valence-electron chi connectivity index (χ0n) is 15.4. The molecule has 0 unspecified atom stereocenters. The molecule has 0 aliphatic carbocycles. The number of halogens is 2. The number of nitrogens with one attached hydrogen (secondary N) is 2. The fourth-order valence-corrected chi connectivity index (χ4v) is 3.39. The van der Waals surface area contributed by atoms with E-state index in [-0.39, 0.29) is 30.7 Å². The second-order valence-electron chi connectivity index (χ2n) is 6.18. The number of hydrogen-bond acceptors (Lipinski definition) is 6. The summed E-state index contributed by atoms with van der Waals surface area (Å²) >= 11 is 4.55. The molecule has 0 saturated carbocycles. The van der Waals surface area contributed by atoms with Crippen LogP contribution in [-0.2, 0) is 9.59 Å². The molecule has 0 aliphatic rings. The number of thiazole rings is 1. The number of rotatable bonds is 7. The molecule has 7 nitrogen and oxygen atoms in total. The number of amides is 2. The number of anilines is 2. The minimum absolute atomic E-state index is 0.0205. The average Bonchev–Trinajstić information content (AvgIpc) is 3.12. The van der Waals surface area contributed by atoms with Gasteiger partial charge in [0, 0.05) is 21.6 Å². The first-order chi connectivity index (χ1) is 13.9. The normalized spacial score (nSPS) is 10.8. The molecular weight excluding hydrogens is 461 g/mol. The Morgan fingerprint density at radius 2 is 1.79 bits per heavy atom. The molecule has 0 bridgehead atoms. The Kier molecular flexibility index (Phi) is 7.02. The van der Waals surface area contributed by atoms with Gasteiger partial charge >= 0.3 is 0 Å². The summed E-state index contributed by atoms with van der Waals surface area (Å²) in [6.07, 6.45) is 1.58. The van der Waals surface area contributed by atoms with Gasteiger partial charge < -0.3 is 10.6 Å². The number of aromatic nitrogens is 2. The monoisotopic (exact) mass is 477 g/mol. The molecule has 0 radical (unpaired) electrons. The molecule has 2 heterocycles. The standard InChI is InChI=1S/C19H17BrFN5O2S/c1-26(9-17(27)24-16-7-4-13(20)8-22-16)10-18(28)25-19-23-15(11-29-19)12-2-5-14(21)6-3-12/h2-8,11H,9-10H2,1H3,(H,22,24,27)(H,23,25,28). The van der Waals surface area contributed by atoms with E-state index >= 15 is 0 Å². The summed E-state index contributed by atoms with van der Waals surface area (Å²) in [6, 6.07) is 9.42. The summed E-state index contributed by atoms with van der Waals surface area (Å²) in [5.74, 6) is -0.447. The van der Waals surface area contributed by atoms with E-state index < -0.39 is 0 Å². The van der Waals surface area contributed by atoms with Crippen molar-refractivity contribution in [2.75, 3.05) is 30.8 Å². The first-order valence-corrected chi connectivity index (χ1v) is 10.2. The number of benzene rings is 1. The first-order valence-electron chi connectivity index (χ1n) is 8.50. The number of carbonyl (C=O) groups is 2. The Hall–Kier alpha value is -2.69. The van der Waals surface area contributed by atoms with Crippen molar-refractivity contribution in [3.05, 3.63) is 58.3 Å². The fraction of sp³-hybridized carbons (Fsp3) is 0.158. The van der Waals surface area contributed by atoms with Crippen molar-refractivity contribution in [2.24, 2.45) is 0 Å². The summed E-state index contributed by atoms with van der Waals surface area (Å²) in [4.78, 5) is 34.3. The maximum atomic E-state index is 13.0. The first kappa shape index (κ1) is 21.0. The Balaban J connectivity index is 1.48. The van der Waals surface area contributed by atoms with E-state index in [1.165, 1.54) is 23.5 Å². The highest BCUT2D eigenvalue weighted by atomic mass is 79.9. The minimum atomic E-state index is -0.319. The quantitative estimate of drug-likeness (QED) is 0.542. The van der Waals surface area contributed by atoms with Gasteiger partial charge in [0.25, 0.3) is 0 Å². The lowest BCUT2D eigenvalue weighted by molar-refractivity contribution is -0.119. The lowest BCUT2D eigenvalue weighted by Crippen LogP contribution is -2.36. The number of carbonyl (C=O) groups excluding carboxylic acids is 2. The van der Waals surface area contributed by atoms with Crippen molar-refractivity contribution in [3.63, 3.8) is 0 Å². The van der Waals surface area contributed by atoms with Crippen LogP contribution < -0.4 is 10.6 Å². The van der Waals surface area contributed by atoms with Crippen molar-refractivity contribution in [1.82, 2.24) is 14.9 Å². The molecule has 0 atom stereocenters. The van der Waals surface area contributed by atoms with Gasteiger partial charge in [-0.25, -0.2) is 14.4 Å². The molecule has 2 amide bonds. The predicted molar refractivity (Wildman–Crippen MR) is 114 cm³/mol. The van der Waals surface area contributed by atoms with E-state index in [0.29, 0.717) is 16.6 Å². The van der Waals surface area contributed by atoms with Crippen LogP contribution in [0.15, 0.2) is 52.4 Å². The Morgan fingerprint density at radius 1 is 1.10 bits per heavy atom. The summed E-state index contributed by atoms with van der Waals surface area (Å²) in [5.41, 5.74) is 1.42. The van der Waals surface area contributed by atoms with Crippen molar-refractivity contribution >= 4 is 50.0 Å². The van der Waals surface area contributed by atoms with Gasteiger partial charge in [-0.2, -0.15) is 0 Å². The largest absolute Gasteiger partial charge is 0.310 e. The molecule has 2 aromatic heterocycles. The topological polar surface area (TPSA) is 87.2 Å². The molecule has 3 rings (SSSR count). The van der Waals surface area contributed by atoms with Gasteiger partial charge in [-0.3, -0.25) is 14.5 Å². The molecule has 0 saturated heterocycles. The zero-order chi connectivity index (χ0) is 20.8. The van der Waals surface area contributed by atoms with Gasteiger partial charge in [0.1, 0.15) is 11.6 Å². The van der Waals surface area contributed by atoms with Gasteiger partial charge in [0.15, 0.2) is 5.13 Å². The fourth-order valence-electron chi connectivity index (χ4n) is 2.42. The molecule has 150 valence electrons. The van der Waals surface area contributed by atoms with E-state index in [2.05, 4.69) is 36.5 Å². The lowest BCUT2D eigenvalue weighted by atomic mass is 10.2. The van der Waals surface area contributed by atoms with Crippen LogP contribution >= 0.6 is 27.3 Å². The van der Waals surface area contributed by atoms with Crippen LogP contribution in [0.4, 0.5) is 15.3 Å². The highest BCUT2D eigenvalue weighted by Crippen LogP contribution is 2.25. The van der Waals surface area contributed by atoms with Crippen molar-refractivity contribution in [2.45, 2.75) is 0 Å². The van der Waals surface area contributed by atoms with Crippen LogP contribution in [0.2, 0.25) is 0 Å². The van der Waals surface area contributed by atoms with Gasteiger partial charge in [-0.15, -0.1) is 11.3 Å². The second-order valence-corrected chi connectivity index (χ2v) is 7.95. The van der Waals surface area contributed by atoms with E-state index in [1.54, 1.807) is 47.8 Å². The Morgan fingerprint density at radius 3 is 2.45 bits per heavy atom. The van der Waals surface area contributed by atoms with Crippen LogP contribution in [0.5, 0.6) is 0 Å². The van der Waals surface area contributed by atoms with Crippen LogP contribution in [0.3, 0.4) is 0 Å². The van der Waals surface area contributed by atoms with Gasteiger partial charge in [-0.1, -0.05) is 0 Å². The molecule has 3 aromatic rings. The van der Waals surface area contributed by atoms with E-state index in [0.717, 1.165) is 10.0 Å². The maximum Gasteiger partial charge on any atom is 0.240 e. The molecule has 2 N–H and O–H groups in total. The SMILES string of the molecule is CN(CC(=O)Nc1ccc(Br)cn1)CC(=O)Nc1nc(-c2ccc(F)cc2)cs1. The van der Waals surface area contributed by atoms with Crippen LogP contribution in [-0.4, -0.2) is 46.8 Å². The minimum Gasteiger partial charge on any atom is -0.310 e. The number of likely N-dealkylation sites (N-methyl/N-ethyl adjacent to an activating group) is 1. The van der Waals surface area contributed by atoms with E-state index in [1.807, 2.05) is 0 Å². The summed E-state index contributed by atoms with van der Waals surface area (Å²) in [7, 11) is 1.67. The molecule has 10 heteroatoms. The Labute approximate surface area is 179 Å². The smallest absolute Gasteiger partial charge is 0.240 e. The molecule has 29 heavy (non-hydrogen) atoms. The van der Waals surface area contributed by atoms with E-state index in [4.69, 9.17) is 0 Å². The molecule has 1 aromatic carbocycles. The summed E-state index contributed by atoms with van der Waals surface area (Å²) in [6.45, 7) is 0.0521. The van der Waals surface area contributed by atoms with Crippen LogP contribution in [0.1, 0.15) is 0 Å². The Bertz CT molecular complexity index is 995. The van der Waals surface area contributed by atoms with Crippen LogP contribution in [0, 0.1) is 5.82 Å². The number of hydrogen-bond donors (Lipinski definition) is 2. The van der Waals surface area contributed by atoms with Gasteiger partial charge in [-0.05, 0) is 59.4 Å². The molecular formula is C19H17BrFN5O2S. The predicted octanol–water partition coefficient (Wildman–Crippen LogP) is 3.62. The highest BCUT2D eigenvalue weighted by Gasteiger charge is 2.13. The van der Waals surface area contributed by atoms with Gasteiger partial charge in [0.05, 0.1) is 18.8 Å². The maximum absolute atomic E-state index is 13.0. The third kappa shape index (κ3) is 6.41. The van der Waals surface area contributed by atoms with Gasteiger partial charge in [0.2, 0.25) is 11.8 Å². The molecule has 0 aliphatic heterocycles. The van der Waals surface area contributed by atoms with Crippen molar-refractivity contribution < 1.29 is 14.0 Å². The third-order valence-corrected chi connectivity index (χ3v) is 4.94.